The molecule has 2 N–H and O–H groups in total. The van der Waals surface area contributed by atoms with Gasteiger partial charge in [0, 0.05) is 26.2 Å². The Balaban J connectivity index is 2.22. The number of methoxy groups -OCH3 is 1. The predicted molar refractivity (Wildman–Crippen MR) is 80.9 cm³/mol. The zero-order chi connectivity index (χ0) is 14.0. The van der Waals surface area contributed by atoms with Crippen molar-refractivity contribution in [3.05, 3.63) is 28.8 Å². The monoisotopic (exact) mass is 282 g/mol. The second kappa shape index (κ2) is 5.70. The van der Waals surface area contributed by atoms with E-state index in [-0.39, 0.29) is 11.6 Å². The summed E-state index contributed by atoms with van der Waals surface area (Å²) >= 11 is 6.41. The van der Waals surface area contributed by atoms with Gasteiger partial charge in [-0.25, -0.2) is 0 Å². The van der Waals surface area contributed by atoms with Gasteiger partial charge >= 0.3 is 0 Å². The van der Waals surface area contributed by atoms with E-state index in [1.54, 1.807) is 7.11 Å². The molecule has 0 aromatic heterocycles. The summed E-state index contributed by atoms with van der Waals surface area (Å²) in [5.74, 6) is 0. The maximum atomic E-state index is 6.41. The number of ether oxygens (including phenoxy) is 1. The van der Waals surface area contributed by atoms with Gasteiger partial charge in [-0.05, 0) is 44.4 Å². The van der Waals surface area contributed by atoms with Crippen LogP contribution in [0.1, 0.15) is 38.3 Å². The molecule has 1 fully saturated rings. The van der Waals surface area contributed by atoms with Gasteiger partial charge in [-0.3, -0.25) is 0 Å². The molecule has 0 spiro atoms. The largest absolute Gasteiger partial charge is 0.377 e. The molecular formula is C15H23ClN2O. The van der Waals surface area contributed by atoms with Gasteiger partial charge in [0.1, 0.15) is 0 Å². The third-order valence-electron chi connectivity index (χ3n) is 3.99. The van der Waals surface area contributed by atoms with Crippen LogP contribution in [0.5, 0.6) is 0 Å². The van der Waals surface area contributed by atoms with E-state index in [2.05, 4.69) is 24.0 Å². The maximum absolute atomic E-state index is 6.41. The number of benzene rings is 1. The zero-order valence-corrected chi connectivity index (χ0v) is 12.7. The standard InChI is InChI=1S/C15H23ClN2O/c1-11(17)12-5-6-14(13(16)9-12)18-8-4-7-15(2,10-18)19-3/h5-6,9,11H,4,7-8,10,17H2,1-3H3/t11-,15?/m0/s1. The van der Waals surface area contributed by atoms with Crippen LogP contribution in [0.4, 0.5) is 5.69 Å². The normalized spacial score (nSPS) is 25.4. The molecule has 1 unspecified atom stereocenters. The first-order chi connectivity index (χ1) is 8.95. The quantitative estimate of drug-likeness (QED) is 0.924. The summed E-state index contributed by atoms with van der Waals surface area (Å²) in [5, 5.41) is 0.773. The molecule has 4 heteroatoms. The molecule has 1 aliphatic rings. The minimum Gasteiger partial charge on any atom is -0.377 e. The van der Waals surface area contributed by atoms with Gasteiger partial charge in [0.15, 0.2) is 0 Å². The number of nitrogens with two attached hydrogens (primary N) is 1. The van der Waals surface area contributed by atoms with Crippen molar-refractivity contribution in [1.29, 1.82) is 0 Å². The highest BCUT2D eigenvalue weighted by Gasteiger charge is 2.31. The van der Waals surface area contributed by atoms with E-state index in [1.807, 2.05) is 13.0 Å². The molecule has 0 saturated carbocycles. The van der Waals surface area contributed by atoms with Crippen LogP contribution >= 0.6 is 11.6 Å². The van der Waals surface area contributed by atoms with Crippen molar-refractivity contribution >= 4 is 17.3 Å². The third kappa shape index (κ3) is 3.22. The molecule has 3 nitrogen and oxygen atoms in total. The summed E-state index contributed by atoms with van der Waals surface area (Å²) in [6, 6.07) is 6.12. The van der Waals surface area contributed by atoms with E-state index in [1.165, 1.54) is 0 Å². The zero-order valence-electron chi connectivity index (χ0n) is 11.9. The Labute approximate surface area is 120 Å². The van der Waals surface area contributed by atoms with Gasteiger partial charge in [0.2, 0.25) is 0 Å². The second-order valence-electron chi connectivity index (χ2n) is 5.68. The van der Waals surface area contributed by atoms with Crippen LogP contribution in [0.2, 0.25) is 5.02 Å². The molecule has 19 heavy (non-hydrogen) atoms. The summed E-state index contributed by atoms with van der Waals surface area (Å²) in [6.45, 7) is 6.02. The van der Waals surface area contributed by atoms with Crippen LogP contribution in [-0.2, 0) is 4.74 Å². The van der Waals surface area contributed by atoms with Crippen molar-refractivity contribution in [2.45, 2.75) is 38.3 Å². The van der Waals surface area contributed by atoms with E-state index < -0.39 is 0 Å². The van der Waals surface area contributed by atoms with Crippen molar-refractivity contribution in [3.63, 3.8) is 0 Å². The number of anilines is 1. The third-order valence-corrected chi connectivity index (χ3v) is 4.29. The van der Waals surface area contributed by atoms with Crippen LogP contribution in [-0.4, -0.2) is 25.8 Å². The van der Waals surface area contributed by atoms with Crippen molar-refractivity contribution < 1.29 is 4.74 Å². The van der Waals surface area contributed by atoms with Crippen LogP contribution in [0.15, 0.2) is 18.2 Å². The van der Waals surface area contributed by atoms with Crippen molar-refractivity contribution in [1.82, 2.24) is 0 Å². The Hall–Kier alpha value is -0.770. The average molecular weight is 283 g/mol. The molecule has 1 aromatic carbocycles. The van der Waals surface area contributed by atoms with Gasteiger partial charge in [-0.15, -0.1) is 0 Å². The maximum Gasteiger partial charge on any atom is 0.0825 e. The Morgan fingerprint density at radius 2 is 2.21 bits per heavy atom. The van der Waals surface area contributed by atoms with Crippen LogP contribution in [0, 0.1) is 0 Å². The van der Waals surface area contributed by atoms with Crippen molar-refractivity contribution in [2.75, 3.05) is 25.1 Å². The number of hydrogen-bond acceptors (Lipinski definition) is 3. The first kappa shape index (κ1) is 14.6. The van der Waals surface area contributed by atoms with Gasteiger partial charge in [0.05, 0.1) is 16.3 Å². The van der Waals surface area contributed by atoms with Gasteiger partial charge < -0.3 is 15.4 Å². The number of hydrogen-bond donors (Lipinski definition) is 1. The molecule has 1 heterocycles. The number of halogens is 1. The van der Waals surface area contributed by atoms with E-state index in [0.29, 0.717) is 0 Å². The van der Waals surface area contributed by atoms with Gasteiger partial charge in [-0.1, -0.05) is 17.7 Å². The number of rotatable bonds is 3. The lowest BCUT2D eigenvalue weighted by Gasteiger charge is -2.41. The fraction of sp³-hybridized carbons (Fsp3) is 0.600. The molecule has 0 aliphatic carbocycles. The molecular weight excluding hydrogens is 260 g/mol. The number of nitrogens with zero attached hydrogens (tertiary/aromatic N) is 1. The van der Waals surface area contributed by atoms with E-state index >= 15 is 0 Å². The molecule has 106 valence electrons. The average Bonchev–Trinajstić information content (AvgIpc) is 2.38. The fourth-order valence-electron chi connectivity index (χ4n) is 2.64. The highest BCUT2D eigenvalue weighted by molar-refractivity contribution is 6.33. The first-order valence-electron chi connectivity index (χ1n) is 6.80. The lowest BCUT2D eigenvalue weighted by Crippen LogP contribution is -2.47. The predicted octanol–water partition coefficient (Wildman–Crippen LogP) is 3.37. The van der Waals surface area contributed by atoms with Crippen molar-refractivity contribution in [2.24, 2.45) is 5.73 Å². The second-order valence-corrected chi connectivity index (χ2v) is 6.09. The van der Waals surface area contributed by atoms with Crippen molar-refractivity contribution in [3.8, 4) is 0 Å². The molecule has 2 atom stereocenters. The molecule has 2 rings (SSSR count). The van der Waals surface area contributed by atoms with E-state index in [9.17, 15) is 0 Å². The summed E-state index contributed by atoms with van der Waals surface area (Å²) < 4.78 is 5.63. The smallest absolute Gasteiger partial charge is 0.0825 e. The van der Waals surface area contributed by atoms with Gasteiger partial charge in [-0.2, -0.15) is 0 Å². The fourth-order valence-corrected chi connectivity index (χ4v) is 2.95. The molecule has 0 amide bonds. The highest BCUT2D eigenvalue weighted by Crippen LogP contribution is 2.33. The van der Waals surface area contributed by atoms with Crippen LogP contribution < -0.4 is 10.6 Å². The lowest BCUT2D eigenvalue weighted by atomic mass is 9.94. The number of piperidine rings is 1. The summed E-state index contributed by atoms with van der Waals surface area (Å²) in [6.07, 6.45) is 2.21. The lowest BCUT2D eigenvalue weighted by molar-refractivity contribution is -0.00464. The molecule has 0 radical (unpaired) electrons. The minimum absolute atomic E-state index is 0.0112. The summed E-state index contributed by atoms with van der Waals surface area (Å²) in [4.78, 5) is 2.31. The highest BCUT2D eigenvalue weighted by atomic mass is 35.5. The molecule has 1 saturated heterocycles. The van der Waals surface area contributed by atoms with E-state index in [0.717, 1.165) is 42.2 Å². The minimum atomic E-state index is -0.0819. The molecule has 1 aliphatic heterocycles. The topological polar surface area (TPSA) is 38.5 Å². The van der Waals surface area contributed by atoms with E-state index in [4.69, 9.17) is 22.1 Å². The first-order valence-corrected chi connectivity index (χ1v) is 7.18. The Morgan fingerprint density at radius 3 is 2.79 bits per heavy atom. The molecule has 0 bridgehead atoms. The molecule has 1 aromatic rings. The summed E-state index contributed by atoms with van der Waals surface area (Å²) in [5.41, 5.74) is 7.95. The Kier molecular flexibility index (Phi) is 4.39. The van der Waals surface area contributed by atoms with Gasteiger partial charge in [0.25, 0.3) is 0 Å². The van der Waals surface area contributed by atoms with Crippen LogP contribution in [0.3, 0.4) is 0 Å². The Bertz CT molecular complexity index is 450. The summed E-state index contributed by atoms with van der Waals surface area (Å²) in [7, 11) is 1.78. The Morgan fingerprint density at radius 1 is 1.47 bits per heavy atom. The SMILES string of the molecule is COC1(C)CCCN(c2ccc([C@H](C)N)cc2Cl)C1. The van der Waals surface area contributed by atoms with Crippen LogP contribution in [0.25, 0.3) is 0 Å².